The number of nitrogens with one attached hydrogen (secondary N) is 1. The molecule has 0 radical (unpaired) electrons. The molecular formula is C24H19N5O3S. The van der Waals surface area contributed by atoms with Crippen LogP contribution in [-0.2, 0) is 11.3 Å². The van der Waals surface area contributed by atoms with E-state index >= 15 is 0 Å². The minimum absolute atomic E-state index is 0.193. The van der Waals surface area contributed by atoms with E-state index in [2.05, 4.69) is 15.4 Å². The third-order valence-electron chi connectivity index (χ3n) is 5.10. The molecule has 0 spiro atoms. The van der Waals surface area contributed by atoms with Gasteiger partial charge in [-0.15, -0.1) is 11.3 Å². The molecule has 5 aromatic rings. The highest BCUT2D eigenvalue weighted by Gasteiger charge is 2.10. The van der Waals surface area contributed by atoms with Crippen molar-refractivity contribution in [1.29, 1.82) is 0 Å². The van der Waals surface area contributed by atoms with E-state index in [9.17, 15) is 9.59 Å². The predicted octanol–water partition coefficient (Wildman–Crippen LogP) is 3.93. The molecule has 0 unspecified atom stereocenters. The van der Waals surface area contributed by atoms with Gasteiger partial charge >= 0.3 is 0 Å². The first kappa shape index (κ1) is 20.7. The molecule has 1 N–H and O–H groups in total. The normalized spacial score (nSPS) is 10.9. The van der Waals surface area contributed by atoms with E-state index in [1.54, 1.807) is 24.5 Å². The van der Waals surface area contributed by atoms with Crippen LogP contribution in [0.25, 0.3) is 27.5 Å². The van der Waals surface area contributed by atoms with Gasteiger partial charge in [0.05, 0.1) is 18.5 Å². The molecule has 0 fully saturated rings. The van der Waals surface area contributed by atoms with Gasteiger partial charge in [0.25, 0.3) is 5.56 Å². The van der Waals surface area contributed by atoms with Crippen molar-refractivity contribution >= 4 is 27.9 Å². The monoisotopic (exact) mass is 457 g/mol. The number of amides is 1. The standard InChI is InChI=1S/C24H19N5O3S/c1-32-19-8-4-16(5-9-19)20-10-11-23(31)29(27-20)15-22(30)25-18-6-2-17(3-7-18)21-14-28-12-13-33-24(28)26-21/h2-14H,15H2,1H3,(H,25,30). The maximum atomic E-state index is 12.6. The Hall–Kier alpha value is -4.24. The third-order valence-corrected chi connectivity index (χ3v) is 5.87. The first-order valence-electron chi connectivity index (χ1n) is 10.1. The second-order valence-electron chi connectivity index (χ2n) is 7.29. The Bertz CT molecular complexity index is 1450. The number of aromatic nitrogens is 4. The van der Waals surface area contributed by atoms with E-state index in [0.717, 1.165) is 32.2 Å². The van der Waals surface area contributed by atoms with Crippen molar-refractivity contribution in [2.75, 3.05) is 12.4 Å². The third kappa shape index (κ3) is 4.39. The number of fused-ring (bicyclic) bond motifs is 1. The quantitative estimate of drug-likeness (QED) is 0.417. The Labute approximate surface area is 192 Å². The molecule has 0 bridgehead atoms. The van der Waals surface area contributed by atoms with Gasteiger partial charge in [-0.3, -0.25) is 14.0 Å². The predicted molar refractivity (Wildman–Crippen MR) is 128 cm³/mol. The molecule has 0 saturated carbocycles. The smallest absolute Gasteiger partial charge is 0.267 e. The number of carbonyl (C=O) groups is 1. The average Bonchev–Trinajstić information content (AvgIpc) is 3.44. The van der Waals surface area contributed by atoms with Crippen LogP contribution in [0.5, 0.6) is 5.75 Å². The summed E-state index contributed by atoms with van der Waals surface area (Å²) >= 11 is 1.57. The lowest BCUT2D eigenvalue weighted by atomic mass is 10.1. The molecule has 3 heterocycles. The van der Waals surface area contributed by atoms with Crippen LogP contribution >= 0.6 is 11.3 Å². The highest BCUT2D eigenvalue weighted by molar-refractivity contribution is 7.15. The van der Waals surface area contributed by atoms with Crippen molar-refractivity contribution in [2.45, 2.75) is 6.54 Å². The summed E-state index contributed by atoms with van der Waals surface area (Å²) in [6.07, 6.45) is 3.93. The molecule has 9 heteroatoms. The maximum absolute atomic E-state index is 12.6. The van der Waals surface area contributed by atoms with Gasteiger partial charge in [-0.25, -0.2) is 9.67 Å². The number of carbonyl (C=O) groups excluding carboxylic acids is 1. The summed E-state index contributed by atoms with van der Waals surface area (Å²) in [7, 11) is 1.60. The molecule has 0 aliphatic heterocycles. The van der Waals surface area contributed by atoms with Crippen molar-refractivity contribution in [3.05, 3.63) is 88.8 Å². The molecule has 3 aromatic heterocycles. The molecule has 1 amide bonds. The fourth-order valence-electron chi connectivity index (χ4n) is 3.41. The van der Waals surface area contributed by atoms with E-state index in [0.29, 0.717) is 11.4 Å². The summed E-state index contributed by atoms with van der Waals surface area (Å²) in [4.78, 5) is 30.3. The van der Waals surface area contributed by atoms with Crippen LogP contribution in [0.3, 0.4) is 0 Å². The summed E-state index contributed by atoms with van der Waals surface area (Å²) in [5.74, 6) is 0.386. The van der Waals surface area contributed by atoms with Crippen LogP contribution in [0, 0.1) is 0 Å². The van der Waals surface area contributed by atoms with Crippen LogP contribution in [-0.4, -0.2) is 32.2 Å². The lowest BCUT2D eigenvalue weighted by molar-refractivity contribution is -0.117. The second-order valence-corrected chi connectivity index (χ2v) is 8.16. The van der Waals surface area contributed by atoms with Gasteiger partial charge in [-0.1, -0.05) is 12.1 Å². The number of imidazole rings is 1. The van der Waals surface area contributed by atoms with Crippen LogP contribution < -0.4 is 15.6 Å². The highest BCUT2D eigenvalue weighted by atomic mass is 32.1. The Morgan fingerprint density at radius 1 is 1.00 bits per heavy atom. The van der Waals surface area contributed by atoms with Gasteiger partial charge in [-0.05, 0) is 42.5 Å². The van der Waals surface area contributed by atoms with Crippen LogP contribution in [0.2, 0.25) is 0 Å². The zero-order valence-electron chi connectivity index (χ0n) is 17.6. The number of hydrogen-bond donors (Lipinski definition) is 1. The molecule has 2 aromatic carbocycles. The number of hydrogen-bond acceptors (Lipinski definition) is 6. The number of rotatable bonds is 6. The Kier molecular flexibility index (Phi) is 5.45. The van der Waals surface area contributed by atoms with E-state index in [4.69, 9.17) is 4.74 Å². The number of anilines is 1. The highest BCUT2D eigenvalue weighted by Crippen LogP contribution is 2.23. The van der Waals surface area contributed by atoms with Crippen molar-refractivity contribution in [3.63, 3.8) is 0 Å². The summed E-state index contributed by atoms with van der Waals surface area (Å²) in [5.41, 5.74) is 3.51. The van der Waals surface area contributed by atoms with E-state index in [1.807, 2.05) is 70.7 Å². The topological polar surface area (TPSA) is 90.5 Å². The number of thiazole rings is 1. The summed E-state index contributed by atoms with van der Waals surface area (Å²) in [5, 5.41) is 9.14. The number of ether oxygens (including phenoxy) is 1. The van der Waals surface area contributed by atoms with Crippen LogP contribution in [0.1, 0.15) is 0 Å². The summed E-state index contributed by atoms with van der Waals surface area (Å²) < 4.78 is 8.29. The van der Waals surface area contributed by atoms with E-state index in [1.165, 1.54) is 6.07 Å². The first-order chi connectivity index (χ1) is 16.1. The average molecular weight is 458 g/mol. The van der Waals surface area contributed by atoms with E-state index in [-0.39, 0.29) is 18.0 Å². The van der Waals surface area contributed by atoms with Gasteiger partial charge in [0, 0.05) is 40.7 Å². The SMILES string of the molecule is COc1ccc(-c2ccc(=O)n(CC(=O)Nc3ccc(-c4cn5ccsc5n4)cc3)n2)cc1. The molecule has 0 aliphatic carbocycles. The molecule has 0 saturated heterocycles. The fourth-order valence-corrected chi connectivity index (χ4v) is 4.11. The Morgan fingerprint density at radius 3 is 2.45 bits per heavy atom. The van der Waals surface area contributed by atoms with Gasteiger partial charge in [0.15, 0.2) is 4.96 Å². The van der Waals surface area contributed by atoms with Crippen molar-refractivity contribution < 1.29 is 9.53 Å². The first-order valence-corrected chi connectivity index (χ1v) is 11.0. The Morgan fingerprint density at radius 2 is 1.73 bits per heavy atom. The van der Waals surface area contributed by atoms with Gasteiger partial charge in [0.2, 0.25) is 5.91 Å². The van der Waals surface area contributed by atoms with Gasteiger partial charge in [-0.2, -0.15) is 5.10 Å². The Balaban J connectivity index is 1.28. The second kappa shape index (κ2) is 8.71. The van der Waals surface area contributed by atoms with Crippen LogP contribution in [0.15, 0.2) is 83.2 Å². The maximum Gasteiger partial charge on any atom is 0.267 e. The fraction of sp³-hybridized carbons (Fsp3) is 0.0833. The van der Waals surface area contributed by atoms with Gasteiger partial charge < -0.3 is 10.1 Å². The molecule has 8 nitrogen and oxygen atoms in total. The molecule has 33 heavy (non-hydrogen) atoms. The van der Waals surface area contributed by atoms with E-state index < -0.39 is 0 Å². The van der Waals surface area contributed by atoms with Crippen molar-refractivity contribution in [3.8, 4) is 28.3 Å². The number of nitrogens with zero attached hydrogens (tertiary/aromatic N) is 4. The molecule has 0 aliphatic rings. The molecule has 0 atom stereocenters. The lowest BCUT2D eigenvalue weighted by Gasteiger charge is -2.09. The molecular weight excluding hydrogens is 438 g/mol. The number of benzene rings is 2. The minimum atomic E-state index is -0.350. The minimum Gasteiger partial charge on any atom is -0.497 e. The largest absolute Gasteiger partial charge is 0.497 e. The molecule has 5 rings (SSSR count). The number of methoxy groups -OCH3 is 1. The lowest BCUT2D eigenvalue weighted by Crippen LogP contribution is -2.29. The van der Waals surface area contributed by atoms with Crippen LogP contribution in [0.4, 0.5) is 5.69 Å². The zero-order valence-corrected chi connectivity index (χ0v) is 18.5. The molecule has 164 valence electrons. The van der Waals surface area contributed by atoms with Crippen molar-refractivity contribution in [1.82, 2.24) is 19.2 Å². The van der Waals surface area contributed by atoms with Gasteiger partial charge in [0.1, 0.15) is 12.3 Å². The zero-order chi connectivity index (χ0) is 22.8. The summed E-state index contributed by atoms with van der Waals surface area (Å²) in [6.45, 7) is -0.193. The van der Waals surface area contributed by atoms with Crippen molar-refractivity contribution in [2.24, 2.45) is 0 Å². The summed E-state index contributed by atoms with van der Waals surface area (Å²) in [6, 6.07) is 17.8.